The summed E-state index contributed by atoms with van der Waals surface area (Å²) in [6, 6.07) is 0. The molecule has 1 aliphatic rings. The van der Waals surface area contributed by atoms with Crippen molar-refractivity contribution in [1.29, 1.82) is 0 Å². The number of carbonyl (C=O) groups is 3. The van der Waals surface area contributed by atoms with Gasteiger partial charge in [0.1, 0.15) is 18.8 Å². The third-order valence-electron chi connectivity index (χ3n) is 3.41. The fourth-order valence-corrected chi connectivity index (χ4v) is 2.55. The molecule has 1 rings (SSSR count). The van der Waals surface area contributed by atoms with Crippen LogP contribution in [-0.4, -0.2) is 71.9 Å². The first-order valence-corrected chi connectivity index (χ1v) is 7.65. The lowest BCUT2D eigenvalue weighted by Crippen LogP contribution is -2.54. The lowest BCUT2D eigenvalue weighted by Gasteiger charge is -2.40. The van der Waals surface area contributed by atoms with Crippen LogP contribution in [0, 0.1) is 0 Å². The summed E-state index contributed by atoms with van der Waals surface area (Å²) in [5.41, 5.74) is 0. The standard InChI is InChI=1S/C15H24O9/c1-8(17)21-7-14-15(23-10(3)19)13(22-9(2)18)5-12(24-14)4-11(20)6-16/h11-16,20H,4-7H2,1-3H3/t11-,12-,13-,14-,15+/m1/s1. The minimum absolute atomic E-state index is 0.0949. The fourth-order valence-electron chi connectivity index (χ4n) is 2.55. The Balaban J connectivity index is 2.93. The van der Waals surface area contributed by atoms with E-state index in [9.17, 15) is 19.5 Å². The maximum Gasteiger partial charge on any atom is 0.303 e. The molecule has 1 aliphatic heterocycles. The highest BCUT2D eigenvalue weighted by atomic mass is 16.6. The van der Waals surface area contributed by atoms with Gasteiger partial charge < -0.3 is 29.2 Å². The average Bonchev–Trinajstić information content (AvgIpc) is 2.46. The van der Waals surface area contributed by atoms with Gasteiger partial charge in [0.25, 0.3) is 0 Å². The Morgan fingerprint density at radius 3 is 2.25 bits per heavy atom. The van der Waals surface area contributed by atoms with Gasteiger partial charge in [-0.05, 0) is 0 Å². The number of rotatable bonds is 7. The van der Waals surface area contributed by atoms with Crippen LogP contribution in [0.25, 0.3) is 0 Å². The highest BCUT2D eigenvalue weighted by Crippen LogP contribution is 2.28. The van der Waals surface area contributed by atoms with Crippen LogP contribution in [0.3, 0.4) is 0 Å². The van der Waals surface area contributed by atoms with Crippen LogP contribution < -0.4 is 0 Å². The van der Waals surface area contributed by atoms with E-state index in [1.165, 1.54) is 20.8 Å². The fraction of sp³-hybridized carbons (Fsp3) is 0.800. The van der Waals surface area contributed by atoms with Crippen molar-refractivity contribution in [3.05, 3.63) is 0 Å². The van der Waals surface area contributed by atoms with Crippen LogP contribution in [-0.2, 0) is 33.3 Å². The number of esters is 3. The Hall–Kier alpha value is -1.71. The van der Waals surface area contributed by atoms with Gasteiger partial charge in [-0.2, -0.15) is 0 Å². The maximum atomic E-state index is 11.3. The first-order chi connectivity index (χ1) is 11.2. The summed E-state index contributed by atoms with van der Waals surface area (Å²) in [5.74, 6) is -1.70. The monoisotopic (exact) mass is 348 g/mol. The van der Waals surface area contributed by atoms with Crippen molar-refractivity contribution in [2.75, 3.05) is 13.2 Å². The van der Waals surface area contributed by atoms with Gasteiger partial charge in [-0.1, -0.05) is 0 Å². The first kappa shape index (κ1) is 20.3. The zero-order valence-corrected chi connectivity index (χ0v) is 14.0. The molecule has 0 unspecified atom stereocenters. The molecule has 0 aromatic rings. The predicted octanol–water partition coefficient (Wildman–Crippen LogP) is -0.686. The van der Waals surface area contributed by atoms with E-state index in [2.05, 4.69) is 0 Å². The van der Waals surface area contributed by atoms with Gasteiger partial charge in [0.05, 0.1) is 18.8 Å². The van der Waals surface area contributed by atoms with Gasteiger partial charge in [-0.25, -0.2) is 0 Å². The second kappa shape index (κ2) is 9.55. The molecule has 0 aromatic carbocycles. The maximum absolute atomic E-state index is 11.3. The van der Waals surface area contributed by atoms with Crippen molar-refractivity contribution in [3.63, 3.8) is 0 Å². The highest BCUT2D eigenvalue weighted by molar-refractivity contribution is 5.67. The Kier molecular flexibility index (Phi) is 8.09. The Morgan fingerprint density at radius 1 is 1.12 bits per heavy atom. The highest BCUT2D eigenvalue weighted by Gasteiger charge is 2.43. The number of aliphatic hydroxyl groups is 2. The van der Waals surface area contributed by atoms with Crippen molar-refractivity contribution in [1.82, 2.24) is 0 Å². The zero-order valence-electron chi connectivity index (χ0n) is 14.0. The van der Waals surface area contributed by atoms with Crippen molar-refractivity contribution >= 4 is 17.9 Å². The van der Waals surface area contributed by atoms with Crippen LogP contribution in [0.5, 0.6) is 0 Å². The van der Waals surface area contributed by atoms with Gasteiger partial charge in [0, 0.05) is 33.6 Å². The van der Waals surface area contributed by atoms with E-state index < -0.39 is 55.0 Å². The molecule has 9 heteroatoms. The van der Waals surface area contributed by atoms with Gasteiger partial charge in [-0.15, -0.1) is 0 Å². The molecule has 0 amide bonds. The molecule has 1 heterocycles. The number of hydrogen-bond acceptors (Lipinski definition) is 9. The molecule has 24 heavy (non-hydrogen) atoms. The number of ether oxygens (including phenoxy) is 4. The molecular weight excluding hydrogens is 324 g/mol. The largest absolute Gasteiger partial charge is 0.463 e. The molecule has 0 saturated carbocycles. The molecule has 0 aromatic heterocycles. The summed E-state index contributed by atoms with van der Waals surface area (Å²) in [5, 5.41) is 18.5. The van der Waals surface area contributed by atoms with Crippen LogP contribution in [0.1, 0.15) is 33.6 Å². The number of hydrogen-bond donors (Lipinski definition) is 2. The molecule has 138 valence electrons. The van der Waals surface area contributed by atoms with E-state index in [0.29, 0.717) is 0 Å². The van der Waals surface area contributed by atoms with Crippen LogP contribution in [0.15, 0.2) is 0 Å². The van der Waals surface area contributed by atoms with E-state index in [-0.39, 0.29) is 19.4 Å². The normalized spacial score (nSPS) is 27.9. The number of aliphatic hydroxyl groups excluding tert-OH is 2. The summed E-state index contributed by atoms with van der Waals surface area (Å²) in [7, 11) is 0. The summed E-state index contributed by atoms with van der Waals surface area (Å²) in [4.78, 5) is 33.7. The van der Waals surface area contributed by atoms with Gasteiger partial charge in [0.15, 0.2) is 6.10 Å². The molecule has 9 nitrogen and oxygen atoms in total. The number of carbonyl (C=O) groups excluding carboxylic acids is 3. The molecular formula is C15H24O9. The minimum atomic E-state index is -1.01. The molecule has 2 N–H and O–H groups in total. The van der Waals surface area contributed by atoms with Gasteiger partial charge in [0.2, 0.25) is 0 Å². The van der Waals surface area contributed by atoms with E-state index in [0.717, 1.165) is 0 Å². The molecule has 0 aliphatic carbocycles. The van der Waals surface area contributed by atoms with E-state index in [1.807, 2.05) is 0 Å². The topological polar surface area (TPSA) is 129 Å². The Bertz CT molecular complexity index is 450. The quantitative estimate of drug-likeness (QED) is 0.454. The third-order valence-corrected chi connectivity index (χ3v) is 3.41. The minimum Gasteiger partial charge on any atom is -0.463 e. The van der Waals surface area contributed by atoms with E-state index in [1.54, 1.807) is 0 Å². The molecule has 0 radical (unpaired) electrons. The van der Waals surface area contributed by atoms with Gasteiger partial charge >= 0.3 is 17.9 Å². The van der Waals surface area contributed by atoms with Crippen LogP contribution in [0.4, 0.5) is 0 Å². The molecule has 0 spiro atoms. The predicted molar refractivity (Wildman–Crippen MR) is 78.7 cm³/mol. The van der Waals surface area contributed by atoms with Crippen molar-refractivity contribution in [3.8, 4) is 0 Å². The lowest BCUT2D eigenvalue weighted by atomic mass is 9.94. The van der Waals surface area contributed by atoms with E-state index >= 15 is 0 Å². The SMILES string of the molecule is CC(=O)OC[C@H]1O[C@H](C[C@@H](O)CO)C[C@@H](OC(C)=O)[C@@H]1OC(C)=O. The van der Waals surface area contributed by atoms with Crippen molar-refractivity contribution in [2.45, 2.75) is 64.1 Å². The van der Waals surface area contributed by atoms with Gasteiger partial charge in [-0.3, -0.25) is 14.4 Å². The Labute approximate surface area is 139 Å². The molecule has 5 atom stereocenters. The second-order valence-electron chi connectivity index (χ2n) is 5.63. The zero-order chi connectivity index (χ0) is 18.3. The summed E-state index contributed by atoms with van der Waals surface area (Å²) in [6.07, 6.45) is -3.91. The summed E-state index contributed by atoms with van der Waals surface area (Å²) < 4.78 is 21.0. The second-order valence-corrected chi connectivity index (χ2v) is 5.63. The Morgan fingerprint density at radius 2 is 1.75 bits per heavy atom. The third kappa shape index (κ3) is 6.81. The summed E-state index contributed by atoms with van der Waals surface area (Å²) in [6.45, 7) is 3.01. The van der Waals surface area contributed by atoms with Crippen LogP contribution >= 0.6 is 0 Å². The molecule has 0 bridgehead atoms. The molecule has 1 fully saturated rings. The lowest BCUT2D eigenvalue weighted by molar-refractivity contribution is -0.218. The van der Waals surface area contributed by atoms with Crippen molar-refractivity contribution in [2.24, 2.45) is 0 Å². The molecule has 1 saturated heterocycles. The van der Waals surface area contributed by atoms with Crippen LogP contribution in [0.2, 0.25) is 0 Å². The average molecular weight is 348 g/mol. The van der Waals surface area contributed by atoms with E-state index in [4.69, 9.17) is 24.1 Å². The smallest absolute Gasteiger partial charge is 0.303 e. The summed E-state index contributed by atoms with van der Waals surface area (Å²) >= 11 is 0. The first-order valence-electron chi connectivity index (χ1n) is 7.65. The van der Waals surface area contributed by atoms with Crippen molar-refractivity contribution < 1.29 is 43.5 Å².